The van der Waals surface area contributed by atoms with E-state index in [4.69, 9.17) is 19.4 Å². The highest BCUT2D eigenvalue weighted by Crippen LogP contribution is 2.54. The molecule has 0 N–H and O–H groups in total. The summed E-state index contributed by atoms with van der Waals surface area (Å²) >= 11 is 0. The van der Waals surface area contributed by atoms with Gasteiger partial charge in [-0.3, -0.25) is 9.59 Å². The Morgan fingerprint density at radius 1 is 0.634 bits per heavy atom. The Bertz CT molecular complexity index is 1660. The van der Waals surface area contributed by atoms with Crippen molar-refractivity contribution in [3.63, 3.8) is 0 Å². The van der Waals surface area contributed by atoms with Crippen LogP contribution in [0.5, 0.6) is 11.5 Å². The maximum Gasteiger partial charge on any atom is 0.314 e. The summed E-state index contributed by atoms with van der Waals surface area (Å²) in [5.74, 6) is -0.684. The van der Waals surface area contributed by atoms with Gasteiger partial charge in [-0.15, -0.1) is 0 Å². The molecule has 1 aliphatic rings. The molecule has 0 radical (unpaired) electrons. The Kier molecular flexibility index (Phi) is 7.06. The van der Waals surface area contributed by atoms with E-state index >= 15 is 0 Å². The minimum absolute atomic E-state index is 0.338. The van der Waals surface area contributed by atoms with Gasteiger partial charge in [-0.2, -0.15) is 0 Å². The normalized spacial score (nSPS) is 16.8. The number of hydrogen-bond acceptors (Lipinski definition) is 6. The number of benzene rings is 4. The van der Waals surface area contributed by atoms with Crippen LogP contribution in [-0.2, 0) is 15.0 Å². The van der Waals surface area contributed by atoms with Crippen molar-refractivity contribution in [2.75, 3.05) is 0 Å². The van der Waals surface area contributed by atoms with Crippen LogP contribution in [0.25, 0.3) is 22.3 Å². The first kappa shape index (κ1) is 26.4. The molecular formula is C35H30N2O4. The second kappa shape index (κ2) is 11.0. The number of rotatable bonds is 8. The van der Waals surface area contributed by atoms with Gasteiger partial charge in [0.25, 0.3) is 0 Å². The number of esters is 2. The Morgan fingerprint density at radius 2 is 1.10 bits per heavy atom. The molecule has 204 valence electrons. The van der Waals surface area contributed by atoms with E-state index in [2.05, 4.69) is 6.07 Å². The lowest BCUT2D eigenvalue weighted by Gasteiger charge is -2.34. The van der Waals surface area contributed by atoms with Crippen LogP contribution in [0.1, 0.15) is 37.9 Å². The summed E-state index contributed by atoms with van der Waals surface area (Å²) in [5.41, 5.74) is 4.32. The Morgan fingerprint density at radius 3 is 1.66 bits per heavy atom. The zero-order chi connectivity index (χ0) is 28.4. The van der Waals surface area contributed by atoms with Crippen LogP contribution in [0.3, 0.4) is 0 Å². The zero-order valence-corrected chi connectivity index (χ0v) is 23.0. The molecule has 1 heterocycles. The van der Waals surface area contributed by atoms with Crippen molar-refractivity contribution in [2.45, 2.75) is 32.1 Å². The van der Waals surface area contributed by atoms with Gasteiger partial charge >= 0.3 is 11.9 Å². The predicted molar refractivity (Wildman–Crippen MR) is 157 cm³/mol. The lowest BCUT2D eigenvalue weighted by atomic mass is 9.69. The molecule has 6 rings (SSSR count). The fraction of sp³-hybridized carbons (Fsp3) is 0.200. The average Bonchev–Trinajstić information content (AvgIpc) is 3.25. The van der Waals surface area contributed by atoms with E-state index in [1.165, 1.54) is 0 Å². The number of carbonyl (C=O) groups is 2. The van der Waals surface area contributed by atoms with E-state index in [1.54, 1.807) is 24.3 Å². The lowest BCUT2D eigenvalue weighted by Crippen LogP contribution is -2.36. The van der Waals surface area contributed by atoms with Crippen LogP contribution in [-0.4, -0.2) is 21.9 Å². The van der Waals surface area contributed by atoms with Crippen LogP contribution >= 0.6 is 0 Å². The first-order chi connectivity index (χ1) is 19.9. The molecular weight excluding hydrogens is 512 g/mol. The number of fused-ring (bicyclic) bond motifs is 4. The van der Waals surface area contributed by atoms with Gasteiger partial charge in [0.05, 0.1) is 34.3 Å². The summed E-state index contributed by atoms with van der Waals surface area (Å²) in [6, 6.07) is 34.0. The molecule has 4 aromatic carbocycles. The molecule has 2 atom stereocenters. The number of aromatic nitrogens is 2. The largest absolute Gasteiger partial charge is 0.426 e. The van der Waals surface area contributed by atoms with Crippen molar-refractivity contribution in [2.24, 2.45) is 11.8 Å². The number of carbonyl (C=O) groups excluding carboxylic acids is 2. The monoisotopic (exact) mass is 542 g/mol. The van der Waals surface area contributed by atoms with Crippen molar-refractivity contribution in [1.29, 1.82) is 0 Å². The lowest BCUT2D eigenvalue weighted by molar-refractivity contribution is -0.139. The van der Waals surface area contributed by atoms with Crippen LogP contribution < -0.4 is 9.47 Å². The molecule has 0 fully saturated rings. The molecule has 0 aliphatic heterocycles. The minimum atomic E-state index is -0.771. The highest BCUT2D eigenvalue weighted by molar-refractivity contribution is 5.85. The predicted octanol–water partition coefficient (Wildman–Crippen LogP) is 7.16. The average molecular weight is 543 g/mol. The van der Waals surface area contributed by atoms with E-state index in [-0.39, 0.29) is 11.9 Å². The maximum absolute atomic E-state index is 13.4. The topological polar surface area (TPSA) is 78.4 Å². The molecule has 2 unspecified atom stereocenters. The SMILES string of the molecule is CC(CC1(CC(C)C(=O)Oc2ccccc2)c2ccccc2-c2nc3ccccc3nc21)C(=O)Oc1ccccc1. The molecule has 0 saturated heterocycles. The molecule has 1 aliphatic carbocycles. The Hall–Kier alpha value is -4.84. The molecule has 1 aromatic heterocycles. The van der Waals surface area contributed by atoms with Gasteiger partial charge in [-0.05, 0) is 54.8 Å². The third kappa shape index (κ3) is 5.09. The van der Waals surface area contributed by atoms with Gasteiger partial charge in [-0.1, -0.05) is 86.6 Å². The van der Waals surface area contributed by atoms with Gasteiger partial charge in [0.1, 0.15) is 11.5 Å². The van der Waals surface area contributed by atoms with Crippen molar-refractivity contribution in [1.82, 2.24) is 9.97 Å². The van der Waals surface area contributed by atoms with Crippen molar-refractivity contribution >= 4 is 23.0 Å². The standard InChI is InChI=1S/C35H30N2O4/c1-23(33(38)40-25-13-5-3-6-14-25)21-35(22-24(2)34(39)41-26-15-7-4-8-16-26)28-18-10-9-17-27(28)31-32(35)37-30-20-12-11-19-29(30)36-31/h3-20,23-24H,21-22H2,1-2H3. The second-order valence-corrected chi connectivity index (χ2v) is 10.7. The van der Waals surface area contributed by atoms with Gasteiger partial charge in [0.2, 0.25) is 0 Å². The highest BCUT2D eigenvalue weighted by Gasteiger charge is 2.49. The van der Waals surface area contributed by atoms with E-state index in [9.17, 15) is 9.59 Å². The third-order valence-corrected chi connectivity index (χ3v) is 7.76. The minimum Gasteiger partial charge on any atom is -0.426 e. The summed E-state index contributed by atoms with van der Waals surface area (Å²) in [7, 11) is 0. The number of nitrogens with zero attached hydrogens (tertiary/aromatic N) is 2. The summed E-state index contributed by atoms with van der Waals surface area (Å²) < 4.78 is 11.5. The molecule has 6 nitrogen and oxygen atoms in total. The van der Waals surface area contributed by atoms with Crippen molar-refractivity contribution in [3.05, 3.63) is 120 Å². The molecule has 41 heavy (non-hydrogen) atoms. The first-order valence-electron chi connectivity index (χ1n) is 13.9. The van der Waals surface area contributed by atoms with E-state index in [0.29, 0.717) is 24.3 Å². The Labute approximate surface area is 239 Å². The second-order valence-electron chi connectivity index (χ2n) is 10.7. The smallest absolute Gasteiger partial charge is 0.314 e. The van der Waals surface area contributed by atoms with Gasteiger partial charge in [0.15, 0.2) is 0 Å². The summed E-state index contributed by atoms with van der Waals surface area (Å²) in [6.07, 6.45) is 0.775. The van der Waals surface area contributed by atoms with Crippen molar-refractivity contribution < 1.29 is 19.1 Å². The first-order valence-corrected chi connectivity index (χ1v) is 13.9. The molecule has 0 spiro atoms. The number of ether oxygens (including phenoxy) is 2. The van der Waals surface area contributed by atoms with Crippen LogP contribution in [0.2, 0.25) is 0 Å². The number of hydrogen-bond donors (Lipinski definition) is 0. The summed E-state index contributed by atoms with van der Waals surface area (Å²) in [5, 5.41) is 0. The van der Waals surface area contributed by atoms with Gasteiger partial charge < -0.3 is 9.47 Å². The molecule has 6 heteroatoms. The molecule has 0 saturated carbocycles. The van der Waals surface area contributed by atoms with Crippen LogP contribution in [0, 0.1) is 11.8 Å². The third-order valence-electron chi connectivity index (χ3n) is 7.76. The maximum atomic E-state index is 13.4. The summed E-state index contributed by atoms with van der Waals surface area (Å²) in [4.78, 5) is 37.0. The van der Waals surface area contributed by atoms with E-state index in [0.717, 1.165) is 33.5 Å². The van der Waals surface area contributed by atoms with Crippen molar-refractivity contribution in [3.8, 4) is 22.8 Å². The van der Waals surface area contributed by atoms with Gasteiger partial charge in [0, 0.05) is 11.0 Å². The molecule has 0 bridgehead atoms. The Balaban J connectivity index is 1.43. The van der Waals surface area contributed by atoms with Crippen LogP contribution in [0.4, 0.5) is 0 Å². The summed E-state index contributed by atoms with van der Waals surface area (Å²) in [6.45, 7) is 3.74. The van der Waals surface area contributed by atoms with Crippen LogP contribution in [0.15, 0.2) is 109 Å². The highest BCUT2D eigenvalue weighted by atomic mass is 16.5. The van der Waals surface area contributed by atoms with E-state index in [1.807, 2.05) is 92.7 Å². The quantitative estimate of drug-likeness (QED) is 0.153. The van der Waals surface area contributed by atoms with E-state index < -0.39 is 17.3 Å². The fourth-order valence-corrected chi connectivity index (χ4v) is 5.88. The molecule has 0 amide bonds. The number of para-hydroxylation sites is 4. The fourth-order valence-electron chi connectivity index (χ4n) is 5.88. The zero-order valence-electron chi connectivity index (χ0n) is 23.0. The molecule has 5 aromatic rings. The van der Waals surface area contributed by atoms with Gasteiger partial charge in [-0.25, -0.2) is 9.97 Å².